The summed E-state index contributed by atoms with van der Waals surface area (Å²) in [5.74, 6) is -0.415. The first kappa shape index (κ1) is 15.9. The first-order chi connectivity index (χ1) is 10.0. The fraction of sp³-hybridized carbons (Fsp3) is 0.267. The van der Waals surface area contributed by atoms with Crippen LogP contribution in [0.15, 0.2) is 28.1 Å². The molecule has 0 saturated carbocycles. The molecule has 0 fully saturated rings. The lowest BCUT2D eigenvalue weighted by Gasteiger charge is -2.12. The van der Waals surface area contributed by atoms with Gasteiger partial charge in [-0.2, -0.15) is 0 Å². The number of methoxy groups -OCH3 is 1. The molecule has 112 valence electrons. The van der Waals surface area contributed by atoms with Crippen molar-refractivity contribution >= 4 is 44.6 Å². The van der Waals surface area contributed by atoms with Crippen LogP contribution in [0.2, 0.25) is 0 Å². The van der Waals surface area contributed by atoms with E-state index in [-0.39, 0.29) is 0 Å². The zero-order chi connectivity index (χ0) is 15.4. The highest BCUT2D eigenvalue weighted by Gasteiger charge is 2.13. The van der Waals surface area contributed by atoms with Crippen molar-refractivity contribution in [3.63, 3.8) is 0 Å². The van der Waals surface area contributed by atoms with E-state index in [0.29, 0.717) is 11.3 Å². The largest absolute Gasteiger partial charge is 0.465 e. The predicted molar refractivity (Wildman–Crippen MR) is 91.1 cm³/mol. The van der Waals surface area contributed by atoms with Crippen molar-refractivity contribution in [2.45, 2.75) is 13.3 Å². The van der Waals surface area contributed by atoms with Crippen molar-refractivity contribution in [1.82, 2.24) is 0 Å². The van der Waals surface area contributed by atoms with E-state index in [4.69, 9.17) is 10.5 Å². The van der Waals surface area contributed by atoms with E-state index in [2.05, 4.69) is 27.3 Å². The van der Waals surface area contributed by atoms with Gasteiger partial charge in [-0.3, -0.25) is 0 Å². The maximum Gasteiger partial charge on any atom is 0.340 e. The van der Waals surface area contributed by atoms with Crippen LogP contribution in [0.25, 0.3) is 0 Å². The van der Waals surface area contributed by atoms with Gasteiger partial charge in [0.1, 0.15) is 0 Å². The summed E-state index contributed by atoms with van der Waals surface area (Å²) in [6, 6.07) is 7.82. The van der Waals surface area contributed by atoms with Gasteiger partial charge in [0.15, 0.2) is 0 Å². The highest BCUT2D eigenvalue weighted by atomic mass is 79.9. The van der Waals surface area contributed by atoms with E-state index in [1.807, 2.05) is 19.1 Å². The van der Waals surface area contributed by atoms with E-state index in [1.54, 1.807) is 17.4 Å². The number of halogens is 1. The number of carbonyl (C=O) groups excluding carboxylic acids is 1. The number of nitrogens with two attached hydrogens (primary N) is 1. The van der Waals surface area contributed by atoms with E-state index in [0.717, 1.165) is 28.0 Å². The molecule has 1 heterocycles. The molecule has 3 N–H and O–H groups in total. The van der Waals surface area contributed by atoms with Crippen LogP contribution >= 0.6 is 27.3 Å². The summed E-state index contributed by atoms with van der Waals surface area (Å²) < 4.78 is 5.89. The quantitative estimate of drug-likeness (QED) is 0.621. The Kier molecular flexibility index (Phi) is 5.25. The monoisotopic (exact) mass is 368 g/mol. The van der Waals surface area contributed by atoms with Crippen LogP contribution in [0.1, 0.15) is 20.8 Å². The molecular formula is C15H17BrN2O2S. The van der Waals surface area contributed by atoms with Gasteiger partial charge >= 0.3 is 5.97 Å². The first-order valence-electron chi connectivity index (χ1n) is 6.47. The van der Waals surface area contributed by atoms with Gasteiger partial charge in [-0.1, -0.05) is 0 Å². The number of nitrogen functional groups attached to an aromatic ring is 1. The summed E-state index contributed by atoms with van der Waals surface area (Å²) in [5.41, 5.74) is 8.52. The summed E-state index contributed by atoms with van der Waals surface area (Å²) in [5, 5.41) is 3.32. The highest BCUT2D eigenvalue weighted by molar-refractivity contribution is 9.11. The van der Waals surface area contributed by atoms with Crippen molar-refractivity contribution in [2.75, 3.05) is 24.7 Å². The fourth-order valence-electron chi connectivity index (χ4n) is 2.00. The van der Waals surface area contributed by atoms with Gasteiger partial charge in [-0.25, -0.2) is 4.79 Å². The van der Waals surface area contributed by atoms with Gasteiger partial charge in [-0.05, 0) is 59.1 Å². The zero-order valence-electron chi connectivity index (χ0n) is 11.9. The number of thiophene rings is 1. The van der Waals surface area contributed by atoms with E-state index < -0.39 is 5.97 Å². The standard InChI is InChI=1S/C15H17BrN2O2S/c1-9-7-10(8-12(14(9)17)15(19)20-2)18-6-5-11-3-4-13(16)21-11/h3-4,7-8,18H,5-6,17H2,1-2H3. The first-order valence-corrected chi connectivity index (χ1v) is 8.08. The molecule has 0 atom stereocenters. The maximum atomic E-state index is 11.7. The van der Waals surface area contributed by atoms with Crippen LogP contribution in [0, 0.1) is 6.92 Å². The molecule has 1 aromatic heterocycles. The smallest absolute Gasteiger partial charge is 0.340 e. The van der Waals surface area contributed by atoms with Crippen molar-refractivity contribution in [1.29, 1.82) is 0 Å². The molecule has 2 aromatic rings. The molecule has 0 aliphatic rings. The minimum atomic E-state index is -0.415. The van der Waals surface area contributed by atoms with Crippen LogP contribution in [-0.4, -0.2) is 19.6 Å². The molecule has 0 unspecified atom stereocenters. The lowest BCUT2D eigenvalue weighted by Crippen LogP contribution is -2.10. The number of hydrogen-bond donors (Lipinski definition) is 2. The van der Waals surface area contributed by atoms with E-state index >= 15 is 0 Å². The average molecular weight is 369 g/mol. The Hall–Kier alpha value is -1.53. The number of carbonyl (C=O) groups is 1. The number of aryl methyl sites for hydroxylation is 1. The summed E-state index contributed by atoms with van der Waals surface area (Å²) in [4.78, 5) is 13.0. The van der Waals surface area contributed by atoms with Crippen LogP contribution < -0.4 is 11.1 Å². The summed E-state index contributed by atoms with van der Waals surface area (Å²) in [7, 11) is 1.35. The Balaban J connectivity index is 2.06. The predicted octanol–water partition coefficient (Wildman–Crippen LogP) is 3.84. The molecular weight excluding hydrogens is 352 g/mol. The Bertz CT molecular complexity index is 655. The molecule has 0 aliphatic carbocycles. The number of esters is 1. The third-order valence-corrected chi connectivity index (χ3v) is 4.80. The minimum Gasteiger partial charge on any atom is -0.465 e. The summed E-state index contributed by atoms with van der Waals surface area (Å²) >= 11 is 5.18. The zero-order valence-corrected chi connectivity index (χ0v) is 14.3. The van der Waals surface area contributed by atoms with Gasteiger partial charge < -0.3 is 15.8 Å². The highest BCUT2D eigenvalue weighted by Crippen LogP contribution is 2.25. The SMILES string of the molecule is COC(=O)c1cc(NCCc2ccc(Br)s2)cc(C)c1N. The lowest BCUT2D eigenvalue weighted by molar-refractivity contribution is 0.0602. The van der Waals surface area contributed by atoms with Gasteiger partial charge in [-0.15, -0.1) is 11.3 Å². The maximum absolute atomic E-state index is 11.7. The van der Waals surface area contributed by atoms with Gasteiger partial charge in [0, 0.05) is 22.8 Å². The molecule has 4 nitrogen and oxygen atoms in total. The van der Waals surface area contributed by atoms with Crippen molar-refractivity contribution in [3.8, 4) is 0 Å². The topological polar surface area (TPSA) is 64.3 Å². The molecule has 0 aliphatic heterocycles. The number of rotatable bonds is 5. The van der Waals surface area contributed by atoms with Crippen LogP contribution in [-0.2, 0) is 11.2 Å². The molecule has 0 saturated heterocycles. The Labute approximate surface area is 136 Å². The third-order valence-electron chi connectivity index (χ3n) is 3.12. The molecule has 21 heavy (non-hydrogen) atoms. The number of hydrogen-bond acceptors (Lipinski definition) is 5. The Morgan fingerprint density at radius 3 is 2.81 bits per heavy atom. The molecule has 0 bridgehead atoms. The number of benzene rings is 1. The van der Waals surface area contributed by atoms with Crippen molar-refractivity contribution in [2.24, 2.45) is 0 Å². The second kappa shape index (κ2) is 6.95. The Morgan fingerprint density at radius 2 is 2.19 bits per heavy atom. The Morgan fingerprint density at radius 1 is 1.43 bits per heavy atom. The molecule has 2 rings (SSSR count). The average Bonchev–Trinajstić information content (AvgIpc) is 2.87. The second-order valence-corrected chi connectivity index (χ2v) is 7.18. The van der Waals surface area contributed by atoms with Gasteiger partial charge in [0.25, 0.3) is 0 Å². The fourth-order valence-corrected chi connectivity index (χ4v) is 3.48. The third kappa shape index (κ3) is 3.98. The summed E-state index contributed by atoms with van der Waals surface area (Å²) in [6.45, 7) is 2.67. The molecule has 0 spiro atoms. The van der Waals surface area contributed by atoms with Crippen molar-refractivity contribution in [3.05, 3.63) is 44.1 Å². The summed E-state index contributed by atoms with van der Waals surface area (Å²) in [6.07, 6.45) is 0.924. The normalized spacial score (nSPS) is 10.4. The number of ether oxygens (including phenoxy) is 1. The molecule has 1 aromatic carbocycles. The molecule has 0 amide bonds. The van der Waals surface area contributed by atoms with Crippen LogP contribution in [0.3, 0.4) is 0 Å². The molecule has 6 heteroatoms. The number of anilines is 2. The molecule has 0 radical (unpaired) electrons. The minimum absolute atomic E-state index is 0.402. The van der Waals surface area contributed by atoms with Gasteiger partial charge in [0.2, 0.25) is 0 Å². The number of nitrogens with one attached hydrogen (secondary N) is 1. The van der Waals surface area contributed by atoms with Crippen LogP contribution in [0.4, 0.5) is 11.4 Å². The van der Waals surface area contributed by atoms with E-state index in [9.17, 15) is 4.79 Å². The van der Waals surface area contributed by atoms with Gasteiger partial charge in [0.05, 0.1) is 16.5 Å². The van der Waals surface area contributed by atoms with Crippen LogP contribution in [0.5, 0.6) is 0 Å². The van der Waals surface area contributed by atoms with E-state index in [1.165, 1.54) is 12.0 Å². The second-order valence-electron chi connectivity index (χ2n) is 4.63. The lowest BCUT2D eigenvalue weighted by atomic mass is 10.1. The van der Waals surface area contributed by atoms with Crippen molar-refractivity contribution < 1.29 is 9.53 Å².